The zero-order valence-electron chi connectivity index (χ0n) is 13.7. The fraction of sp³-hybridized carbons (Fsp3) is 0.867. The van der Waals surface area contributed by atoms with Gasteiger partial charge in [-0.05, 0) is 32.2 Å². The van der Waals surface area contributed by atoms with E-state index >= 15 is 0 Å². The molecule has 0 aromatic rings. The molecule has 0 aromatic carbocycles. The number of rotatable bonds is 7. The van der Waals surface area contributed by atoms with Gasteiger partial charge in [-0.2, -0.15) is 0 Å². The van der Waals surface area contributed by atoms with Crippen LogP contribution in [-0.4, -0.2) is 61.4 Å². The van der Waals surface area contributed by atoms with E-state index in [9.17, 15) is 9.59 Å². The number of likely N-dealkylation sites (tertiary alicyclic amines) is 1. The van der Waals surface area contributed by atoms with Crippen LogP contribution >= 0.6 is 12.4 Å². The molecule has 1 N–H and O–H groups in total. The lowest BCUT2D eigenvalue weighted by atomic mass is 9.98. The second kappa shape index (κ2) is 10.0. The Morgan fingerprint density at radius 2 is 2.05 bits per heavy atom. The first kappa shape index (κ1) is 20.2. The molecule has 0 radical (unpaired) electrons. The number of halogens is 1. The van der Waals surface area contributed by atoms with Gasteiger partial charge in [-0.15, -0.1) is 12.4 Å². The summed E-state index contributed by atoms with van der Waals surface area (Å²) in [5, 5.41) is 3.05. The topological polar surface area (TPSA) is 52.7 Å². The summed E-state index contributed by atoms with van der Waals surface area (Å²) in [5.41, 5.74) is 0. The average Bonchev–Trinajstić information content (AvgIpc) is 2.42. The second-order valence-corrected chi connectivity index (χ2v) is 6.05. The summed E-state index contributed by atoms with van der Waals surface area (Å²) in [6.45, 7) is 6.36. The van der Waals surface area contributed by atoms with Crippen molar-refractivity contribution in [1.29, 1.82) is 0 Å². The van der Waals surface area contributed by atoms with Gasteiger partial charge in [-0.25, -0.2) is 0 Å². The van der Waals surface area contributed by atoms with Crippen molar-refractivity contribution in [2.45, 2.75) is 45.6 Å². The van der Waals surface area contributed by atoms with Crippen LogP contribution in [0.4, 0.5) is 0 Å². The molecule has 1 rings (SSSR count). The quantitative estimate of drug-likeness (QED) is 0.774. The Labute approximate surface area is 134 Å². The summed E-state index contributed by atoms with van der Waals surface area (Å²) in [5.74, 6) is 0.609. The summed E-state index contributed by atoms with van der Waals surface area (Å²) in [4.78, 5) is 28.3. The smallest absolute Gasteiger partial charge is 0.245 e. The number of hydrogen-bond donors (Lipinski definition) is 1. The fourth-order valence-electron chi connectivity index (χ4n) is 2.61. The Kier molecular flexibility index (Phi) is 9.62. The molecular formula is C15H30ClN3O2. The van der Waals surface area contributed by atoms with E-state index in [0.29, 0.717) is 18.9 Å². The normalized spacial score (nSPS) is 16.6. The molecule has 1 fully saturated rings. The molecule has 2 amide bonds. The number of amides is 2. The minimum Gasteiger partial charge on any atom is -0.343 e. The fourth-order valence-corrected chi connectivity index (χ4v) is 2.61. The number of piperidine rings is 1. The lowest BCUT2D eigenvalue weighted by Crippen LogP contribution is -2.52. The van der Waals surface area contributed by atoms with Gasteiger partial charge in [0.05, 0.1) is 0 Å². The van der Waals surface area contributed by atoms with Gasteiger partial charge in [-0.1, -0.05) is 13.8 Å². The second-order valence-electron chi connectivity index (χ2n) is 6.05. The van der Waals surface area contributed by atoms with Crippen LogP contribution < -0.4 is 5.32 Å². The van der Waals surface area contributed by atoms with Gasteiger partial charge < -0.3 is 15.1 Å². The lowest BCUT2D eigenvalue weighted by Gasteiger charge is -2.36. The molecule has 1 saturated heterocycles. The molecule has 0 saturated carbocycles. The van der Waals surface area contributed by atoms with Crippen molar-refractivity contribution in [3.05, 3.63) is 0 Å². The Morgan fingerprint density at radius 1 is 1.38 bits per heavy atom. The van der Waals surface area contributed by atoms with E-state index in [0.717, 1.165) is 32.4 Å². The number of carbonyl (C=O) groups excluding carboxylic acids is 2. The summed E-state index contributed by atoms with van der Waals surface area (Å²) in [6.07, 6.45) is 3.29. The number of nitrogens with one attached hydrogen (secondary N) is 1. The molecule has 0 aliphatic carbocycles. The summed E-state index contributed by atoms with van der Waals surface area (Å²) >= 11 is 0. The third-order valence-electron chi connectivity index (χ3n) is 3.79. The predicted octanol–water partition coefficient (Wildman–Crippen LogP) is 1.51. The largest absolute Gasteiger partial charge is 0.343 e. The van der Waals surface area contributed by atoms with E-state index in [1.807, 2.05) is 19.0 Å². The van der Waals surface area contributed by atoms with Gasteiger partial charge >= 0.3 is 0 Å². The van der Waals surface area contributed by atoms with Crippen LogP contribution in [0.15, 0.2) is 0 Å². The van der Waals surface area contributed by atoms with Crippen molar-refractivity contribution in [1.82, 2.24) is 15.1 Å². The van der Waals surface area contributed by atoms with Crippen molar-refractivity contribution in [2.24, 2.45) is 5.92 Å². The summed E-state index contributed by atoms with van der Waals surface area (Å²) in [7, 11) is 3.69. The lowest BCUT2D eigenvalue weighted by molar-refractivity contribution is -0.147. The highest BCUT2D eigenvalue weighted by atomic mass is 35.5. The molecule has 1 aliphatic rings. The van der Waals surface area contributed by atoms with Crippen molar-refractivity contribution in [2.75, 3.05) is 33.7 Å². The molecule has 6 heteroatoms. The molecule has 1 aliphatic heterocycles. The highest BCUT2D eigenvalue weighted by molar-refractivity contribution is 5.88. The van der Waals surface area contributed by atoms with Crippen LogP contribution in [0.5, 0.6) is 0 Å². The van der Waals surface area contributed by atoms with Gasteiger partial charge in [0.2, 0.25) is 11.8 Å². The number of likely N-dealkylation sites (N-methyl/N-ethyl adjacent to an activating group) is 2. The average molecular weight is 320 g/mol. The summed E-state index contributed by atoms with van der Waals surface area (Å²) in [6, 6.07) is -0.287. The first-order chi connectivity index (χ1) is 9.47. The number of hydrogen-bond acceptors (Lipinski definition) is 3. The van der Waals surface area contributed by atoms with Crippen LogP contribution in [-0.2, 0) is 9.59 Å². The zero-order chi connectivity index (χ0) is 15.1. The van der Waals surface area contributed by atoms with Crippen molar-refractivity contribution in [3.8, 4) is 0 Å². The predicted molar refractivity (Wildman–Crippen MR) is 87.6 cm³/mol. The van der Waals surface area contributed by atoms with Crippen LogP contribution in [0.2, 0.25) is 0 Å². The summed E-state index contributed by atoms with van der Waals surface area (Å²) < 4.78 is 0. The molecule has 1 heterocycles. The number of nitrogens with zero attached hydrogens (tertiary/aromatic N) is 2. The number of carbonyl (C=O) groups is 2. The Balaban J connectivity index is 0.00000400. The molecule has 5 nitrogen and oxygen atoms in total. The van der Waals surface area contributed by atoms with Gasteiger partial charge in [0.25, 0.3) is 0 Å². The van der Waals surface area contributed by atoms with Crippen LogP contribution in [0.3, 0.4) is 0 Å². The van der Waals surface area contributed by atoms with Gasteiger partial charge in [0, 0.05) is 33.1 Å². The minimum atomic E-state index is -0.287. The van der Waals surface area contributed by atoms with Crippen molar-refractivity contribution < 1.29 is 9.59 Å². The zero-order valence-corrected chi connectivity index (χ0v) is 14.5. The van der Waals surface area contributed by atoms with Crippen molar-refractivity contribution >= 4 is 24.2 Å². The van der Waals surface area contributed by atoms with E-state index in [-0.39, 0.29) is 30.3 Å². The van der Waals surface area contributed by atoms with Gasteiger partial charge in [0.1, 0.15) is 6.04 Å². The van der Waals surface area contributed by atoms with Gasteiger partial charge in [-0.3, -0.25) is 9.59 Å². The maximum atomic E-state index is 12.6. The van der Waals surface area contributed by atoms with E-state index in [2.05, 4.69) is 19.2 Å². The van der Waals surface area contributed by atoms with Crippen LogP contribution in [0, 0.1) is 5.92 Å². The monoisotopic (exact) mass is 319 g/mol. The first-order valence-corrected chi connectivity index (χ1v) is 7.66. The highest BCUT2D eigenvalue weighted by Gasteiger charge is 2.33. The molecule has 0 aromatic heterocycles. The third-order valence-corrected chi connectivity index (χ3v) is 3.79. The van der Waals surface area contributed by atoms with Crippen LogP contribution in [0.1, 0.15) is 39.5 Å². The Morgan fingerprint density at radius 3 is 2.57 bits per heavy atom. The highest BCUT2D eigenvalue weighted by Crippen LogP contribution is 2.20. The molecule has 1 atom stereocenters. The first-order valence-electron chi connectivity index (χ1n) is 7.66. The van der Waals surface area contributed by atoms with E-state index in [1.165, 1.54) is 0 Å². The standard InChI is InChI=1S/C15H29N3O2.ClH/c1-12(2)11-13(15(20)17(4)10-8-16-3)18-9-6-5-7-14(18)19;/h12-13,16H,5-11H2,1-4H3;1H. The van der Waals surface area contributed by atoms with E-state index in [4.69, 9.17) is 0 Å². The maximum Gasteiger partial charge on any atom is 0.245 e. The molecule has 0 spiro atoms. The van der Waals surface area contributed by atoms with Crippen molar-refractivity contribution in [3.63, 3.8) is 0 Å². The van der Waals surface area contributed by atoms with E-state index in [1.54, 1.807) is 4.90 Å². The molecule has 1 unspecified atom stereocenters. The minimum absolute atomic E-state index is 0. The molecule has 124 valence electrons. The Hall–Kier alpha value is -0.810. The SMILES string of the molecule is CNCCN(C)C(=O)C(CC(C)C)N1CCCCC1=O.Cl. The molecule has 0 bridgehead atoms. The molecular weight excluding hydrogens is 290 g/mol. The van der Waals surface area contributed by atoms with E-state index < -0.39 is 0 Å². The third kappa shape index (κ3) is 6.22. The van der Waals surface area contributed by atoms with Gasteiger partial charge in [0.15, 0.2) is 0 Å². The Bertz CT molecular complexity index is 337. The molecule has 21 heavy (non-hydrogen) atoms. The maximum absolute atomic E-state index is 12.6. The van der Waals surface area contributed by atoms with Crippen LogP contribution in [0.25, 0.3) is 0 Å².